The Morgan fingerprint density at radius 2 is 2.26 bits per heavy atom. The number of hydrogen-bond donors (Lipinski definition) is 2. The summed E-state index contributed by atoms with van der Waals surface area (Å²) in [6.45, 7) is 4.14. The fourth-order valence-electron chi connectivity index (χ4n) is 2.32. The molecule has 1 atom stereocenters. The van der Waals surface area contributed by atoms with Crippen molar-refractivity contribution in [2.75, 3.05) is 19.6 Å². The van der Waals surface area contributed by atoms with Gasteiger partial charge in [0.05, 0.1) is 4.90 Å². The molecule has 1 heterocycles. The monoisotopic (exact) mass is 302 g/mol. The molecule has 2 N–H and O–H groups in total. The topological polar surface area (TPSA) is 58.2 Å². The molecule has 0 unspecified atom stereocenters. The highest BCUT2D eigenvalue weighted by Gasteiger charge is 2.20. The van der Waals surface area contributed by atoms with Crippen LogP contribution in [0.25, 0.3) is 0 Å². The number of hydrogen-bond acceptors (Lipinski definition) is 3. The Morgan fingerprint density at radius 1 is 1.47 bits per heavy atom. The zero-order valence-corrected chi connectivity index (χ0v) is 12.5. The Hall–Kier alpha value is -0.620. The number of aryl methyl sites for hydroxylation is 1. The highest BCUT2D eigenvalue weighted by atomic mass is 35.5. The number of rotatable bonds is 4. The smallest absolute Gasteiger partial charge is 0.240 e. The average molecular weight is 303 g/mol. The third-order valence-electron chi connectivity index (χ3n) is 3.39. The molecule has 4 nitrogen and oxygen atoms in total. The van der Waals surface area contributed by atoms with Gasteiger partial charge in [-0.3, -0.25) is 0 Å². The standard InChI is InChI=1S/C13H19ClN2O2S/c1-10-7-12(14)4-5-13(10)19(17,18)16-9-11-3-2-6-15-8-11/h4-5,7,11,15-16H,2-3,6,8-9H2,1H3/t11-/m1/s1. The summed E-state index contributed by atoms with van der Waals surface area (Å²) in [6, 6.07) is 4.82. The van der Waals surface area contributed by atoms with Crippen molar-refractivity contribution in [1.29, 1.82) is 0 Å². The molecule has 1 aromatic rings. The van der Waals surface area contributed by atoms with E-state index in [9.17, 15) is 8.42 Å². The number of sulfonamides is 1. The molecule has 0 bridgehead atoms. The number of halogens is 1. The molecular weight excluding hydrogens is 284 g/mol. The van der Waals surface area contributed by atoms with Crippen LogP contribution < -0.4 is 10.0 Å². The Balaban J connectivity index is 2.05. The van der Waals surface area contributed by atoms with Crippen LogP contribution in [0.3, 0.4) is 0 Å². The Labute approximate surface area is 119 Å². The molecule has 0 amide bonds. The molecule has 0 radical (unpaired) electrons. The van der Waals surface area contributed by atoms with E-state index in [-0.39, 0.29) is 0 Å². The summed E-state index contributed by atoms with van der Waals surface area (Å²) in [5, 5.41) is 3.83. The summed E-state index contributed by atoms with van der Waals surface area (Å²) >= 11 is 5.84. The summed E-state index contributed by atoms with van der Waals surface area (Å²) < 4.78 is 27.2. The summed E-state index contributed by atoms with van der Waals surface area (Å²) in [5.41, 5.74) is 0.668. The first-order valence-corrected chi connectivity index (χ1v) is 8.32. The second-order valence-electron chi connectivity index (χ2n) is 4.97. The van der Waals surface area contributed by atoms with Crippen LogP contribution in [0.5, 0.6) is 0 Å². The minimum Gasteiger partial charge on any atom is -0.316 e. The normalized spacial score (nSPS) is 20.4. The molecule has 0 aromatic heterocycles. The third-order valence-corrected chi connectivity index (χ3v) is 5.21. The number of benzene rings is 1. The molecule has 19 heavy (non-hydrogen) atoms. The van der Waals surface area contributed by atoms with Crippen molar-refractivity contribution in [1.82, 2.24) is 10.0 Å². The largest absolute Gasteiger partial charge is 0.316 e. The fraction of sp³-hybridized carbons (Fsp3) is 0.538. The lowest BCUT2D eigenvalue weighted by molar-refractivity contribution is 0.376. The van der Waals surface area contributed by atoms with Gasteiger partial charge in [-0.1, -0.05) is 11.6 Å². The maximum atomic E-state index is 12.2. The van der Waals surface area contributed by atoms with E-state index in [1.165, 1.54) is 0 Å². The van der Waals surface area contributed by atoms with E-state index >= 15 is 0 Å². The van der Waals surface area contributed by atoms with Crippen LogP contribution in [-0.4, -0.2) is 28.1 Å². The predicted octanol–water partition coefficient (Wildman–Crippen LogP) is 1.93. The lowest BCUT2D eigenvalue weighted by Gasteiger charge is -2.23. The van der Waals surface area contributed by atoms with Gasteiger partial charge in [0, 0.05) is 11.6 Å². The van der Waals surface area contributed by atoms with E-state index in [0.29, 0.717) is 27.9 Å². The maximum absolute atomic E-state index is 12.2. The van der Waals surface area contributed by atoms with Crippen molar-refractivity contribution in [3.05, 3.63) is 28.8 Å². The molecule has 106 valence electrons. The molecule has 1 saturated heterocycles. The summed E-state index contributed by atoms with van der Waals surface area (Å²) in [7, 11) is -3.44. The number of piperidine rings is 1. The Kier molecular flexibility index (Phi) is 4.84. The van der Waals surface area contributed by atoms with Crippen LogP contribution in [0.2, 0.25) is 5.02 Å². The molecule has 2 rings (SSSR count). The van der Waals surface area contributed by atoms with Crippen molar-refractivity contribution in [2.24, 2.45) is 5.92 Å². The van der Waals surface area contributed by atoms with Crippen molar-refractivity contribution >= 4 is 21.6 Å². The maximum Gasteiger partial charge on any atom is 0.240 e. The van der Waals surface area contributed by atoms with Crippen molar-refractivity contribution in [3.8, 4) is 0 Å². The van der Waals surface area contributed by atoms with Gasteiger partial charge in [-0.05, 0) is 62.5 Å². The van der Waals surface area contributed by atoms with Gasteiger partial charge < -0.3 is 5.32 Å². The second kappa shape index (κ2) is 6.22. The summed E-state index contributed by atoms with van der Waals surface area (Å²) in [5.74, 6) is 0.371. The van der Waals surface area contributed by atoms with E-state index < -0.39 is 10.0 Å². The Bertz CT molecular complexity index is 540. The van der Waals surface area contributed by atoms with Crippen LogP contribution in [0, 0.1) is 12.8 Å². The van der Waals surface area contributed by atoms with Crippen LogP contribution in [0.1, 0.15) is 18.4 Å². The van der Waals surface area contributed by atoms with Gasteiger partial charge in [-0.2, -0.15) is 0 Å². The van der Waals surface area contributed by atoms with Crippen LogP contribution in [-0.2, 0) is 10.0 Å². The lowest BCUT2D eigenvalue weighted by Crippen LogP contribution is -2.38. The van der Waals surface area contributed by atoms with Crippen molar-refractivity contribution in [2.45, 2.75) is 24.7 Å². The van der Waals surface area contributed by atoms with Gasteiger partial charge in [0.25, 0.3) is 0 Å². The average Bonchev–Trinajstić information content (AvgIpc) is 2.37. The number of nitrogens with one attached hydrogen (secondary N) is 2. The van der Waals surface area contributed by atoms with E-state index in [1.54, 1.807) is 25.1 Å². The zero-order chi connectivity index (χ0) is 13.9. The first-order chi connectivity index (χ1) is 8.99. The molecule has 6 heteroatoms. The first kappa shape index (κ1) is 14.8. The summed E-state index contributed by atoms with van der Waals surface area (Å²) in [6.07, 6.45) is 2.17. The molecular formula is C13H19ClN2O2S. The van der Waals surface area contributed by atoms with Crippen molar-refractivity contribution in [3.63, 3.8) is 0 Å². The van der Waals surface area contributed by atoms with E-state index in [2.05, 4.69) is 10.0 Å². The SMILES string of the molecule is Cc1cc(Cl)ccc1S(=O)(=O)NC[C@@H]1CCCNC1. The first-order valence-electron chi connectivity index (χ1n) is 6.45. The summed E-state index contributed by atoms with van der Waals surface area (Å²) in [4.78, 5) is 0.306. The predicted molar refractivity (Wildman–Crippen MR) is 77.0 cm³/mol. The van der Waals surface area contributed by atoms with Gasteiger partial charge in [0.1, 0.15) is 0 Å². The van der Waals surface area contributed by atoms with Gasteiger partial charge in [-0.25, -0.2) is 13.1 Å². The quantitative estimate of drug-likeness (QED) is 0.893. The molecule has 0 spiro atoms. The van der Waals surface area contributed by atoms with Crippen LogP contribution in [0.15, 0.2) is 23.1 Å². The van der Waals surface area contributed by atoms with Gasteiger partial charge in [-0.15, -0.1) is 0 Å². The van der Waals surface area contributed by atoms with Crippen molar-refractivity contribution < 1.29 is 8.42 Å². The Morgan fingerprint density at radius 3 is 2.89 bits per heavy atom. The third kappa shape index (κ3) is 3.92. The molecule has 1 aliphatic heterocycles. The van der Waals surface area contributed by atoms with E-state index in [1.807, 2.05) is 0 Å². The van der Waals surface area contributed by atoms with E-state index in [4.69, 9.17) is 11.6 Å². The van der Waals surface area contributed by atoms with Gasteiger partial charge in [0.15, 0.2) is 0 Å². The van der Waals surface area contributed by atoms with Crippen LogP contribution in [0.4, 0.5) is 0 Å². The fourth-order valence-corrected chi connectivity index (χ4v) is 3.89. The van der Waals surface area contributed by atoms with Gasteiger partial charge >= 0.3 is 0 Å². The minimum atomic E-state index is -3.44. The highest BCUT2D eigenvalue weighted by Crippen LogP contribution is 2.20. The molecule has 0 aliphatic carbocycles. The molecule has 1 aromatic carbocycles. The minimum absolute atomic E-state index is 0.306. The van der Waals surface area contributed by atoms with Gasteiger partial charge in [0.2, 0.25) is 10.0 Å². The second-order valence-corrected chi connectivity index (χ2v) is 7.15. The lowest BCUT2D eigenvalue weighted by atomic mass is 10.0. The van der Waals surface area contributed by atoms with Crippen LogP contribution >= 0.6 is 11.6 Å². The highest BCUT2D eigenvalue weighted by molar-refractivity contribution is 7.89. The molecule has 1 aliphatic rings. The molecule has 1 fully saturated rings. The molecule has 0 saturated carbocycles. The zero-order valence-electron chi connectivity index (χ0n) is 10.9. The van der Waals surface area contributed by atoms with E-state index in [0.717, 1.165) is 25.9 Å².